The summed E-state index contributed by atoms with van der Waals surface area (Å²) < 4.78 is 52.5. The maximum Gasteiger partial charge on any atom is 0.395 e. The highest BCUT2D eigenvalue weighted by molar-refractivity contribution is 6.23. The fourth-order valence-electron chi connectivity index (χ4n) is 3.67. The molecule has 6 unspecified atom stereocenters. The molecule has 0 heterocycles. The minimum Gasteiger partial charge on any atom is -0.378 e. The summed E-state index contributed by atoms with van der Waals surface area (Å²) in [5, 5.41) is 16.3. The Morgan fingerprint density at radius 3 is 2.64 bits per heavy atom. The van der Waals surface area contributed by atoms with Crippen LogP contribution in [0, 0.1) is 17.8 Å². The first-order valence-corrected chi connectivity index (χ1v) is 10.0. The molecular weight excluding hydrogens is 398 g/mol. The third-order valence-electron chi connectivity index (χ3n) is 5.26. The Morgan fingerprint density at radius 2 is 2.07 bits per heavy atom. The van der Waals surface area contributed by atoms with E-state index in [1.165, 1.54) is 0 Å². The van der Waals surface area contributed by atoms with Crippen molar-refractivity contribution < 1.29 is 22.7 Å². The second-order valence-electron chi connectivity index (χ2n) is 7.31. The maximum absolute atomic E-state index is 14.2. The monoisotopic (exact) mass is 425 g/mol. The summed E-state index contributed by atoms with van der Waals surface area (Å²) >= 11 is 6.39. The Morgan fingerprint density at radius 1 is 1.36 bits per heavy atom. The Balaban J connectivity index is 2.00. The molecule has 0 bridgehead atoms. The van der Waals surface area contributed by atoms with Gasteiger partial charge >= 0.3 is 6.18 Å². The number of amidine groups is 1. The SMILES string of the molecule is CCCNC(=NC)C1CC(NC(O)C2CCC(C(F)(F)F)C=C2F)C=CC1Cl. The fraction of sp³-hybridized carbons (Fsp3) is 0.737. The van der Waals surface area contributed by atoms with Crippen molar-refractivity contribution in [3.8, 4) is 0 Å². The number of rotatable bonds is 6. The Kier molecular flexibility index (Phi) is 8.33. The van der Waals surface area contributed by atoms with Gasteiger partial charge < -0.3 is 10.4 Å². The minimum absolute atomic E-state index is 0.0710. The van der Waals surface area contributed by atoms with E-state index < -0.39 is 30.1 Å². The van der Waals surface area contributed by atoms with Crippen LogP contribution in [0.15, 0.2) is 29.0 Å². The first-order chi connectivity index (χ1) is 13.2. The van der Waals surface area contributed by atoms with Crippen LogP contribution in [0.1, 0.15) is 32.6 Å². The number of nitrogens with one attached hydrogen (secondary N) is 2. The van der Waals surface area contributed by atoms with Gasteiger partial charge in [0.2, 0.25) is 0 Å². The predicted molar refractivity (Wildman–Crippen MR) is 103 cm³/mol. The first kappa shape index (κ1) is 23.2. The number of aliphatic imine (C=N–C) groups is 1. The first-order valence-electron chi connectivity index (χ1n) is 9.58. The van der Waals surface area contributed by atoms with Gasteiger partial charge in [0, 0.05) is 31.5 Å². The quantitative estimate of drug-likeness (QED) is 0.151. The number of allylic oxidation sites excluding steroid dienone is 2. The highest BCUT2D eigenvalue weighted by atomic mass is 35.5. The lowest BCUT2D eigenvalue weighted by Crippen LogP contribution is -2.48. The Labute approximate surface area is 168 Å². The fourth-order valence-corrected chi connectivity index (χ4v) is 3.98. The minimum atomic E-state index is -4.46. The van der Waals surface area contributed by atoms with Gasteiger partial charge in [-0.3, -0.25) is 10.3 Å². The van der Waals surface area contributed by atoms with Crippen molar-refractivity contribution >= 4 is 17.4 Å². The molecule has 0 saturated heterocycles. The normalized spacial score (nSPS) is 32.8. The molecule has 0 aromatic carbocycles. The van der Waals surface area contributed by atoms with E-state index in [4.69, 9.17) is 11.6 Å². The Bertz CT molecular complexity index is 608. The zero-order chi connectivity index (χ0) is 20.9. The molecule has 0 aliphatic heterocycles. The number of hydrogen-bond acceptors (Lipinski definition) is 3. The van der Waals surface area contributed by atoms with Crippen LogP contribution in [0.3, 0.4) is 0 Å². The molecule has 4 nitrogen and oxygen atoms in total. The van der Waals surface area contributed by atoms with Crippen LogP contribution < -0.4 is 10.6 Å². The van der Waals surface area contributed by atoms with Gasteiger partial charge in [0.1, 0.15) is 17.9 Å². The summed E-state index contributed by atoms with van der Waals surface area (Å²) in [6.45, 7) is 2.80. The van der Waals surface area contributed by atoms with Gasteiger partial charge in [-0.15, -0.1) is 11.6 Å². The van der Waals surface area contributed by atoms with Crippen molar-refractivity contribution in [1.29, 1.82) is 0 Å². The zero-order valence-corrected chi connectivity index (χ0v) is 16.8. The predicted octanol–water partition coefficient (Wildman–Crippen LogP) is 3.92. The van der Waals surface area contributed by atoms with Crippen molar-refractivity contribution in [2.45, 2.75) is 56.4 Å². The molecule has 3 N–H and O–H groups in total. The molecule has 2 aliphatic carbocycles. The van der Waals surface area contributed by atoms with Crippen LogP contribution in [0.5, 0.6) is 0 Å². The van der Waals surface area contributed by atoms with Crippen molar-refractivity contribution in [3.05, 3.63) is 24.1 Å². The third kappa shape index (κ3) is 5.94. The van der Waals surface area contributed by atoms with Crippen LogP contribution >= 0.6 is 11.6 Å². The lowest BCUT2D eigenvalue weighted by Gasteiger charge is -2.34. The summed E-state index contributed by atoms with van der Waals surface area (Å²) in [5.41, 5.74) is 0. The van der Waals surface area contributed by atoms with Crippen LogP contribution in [-0.2, 0) is 0 Å². The summed E-state index contributed by atoms with van der Waals surface area (Å²) in [6.07, 6.45) is -0.396. The van der Waals surface area contributed by atoms with E-state index in [1.807, 2.05) is 6.92 Å². The van der Waals surface area contributed by atoms with E-state index in [1.54, 1.807) is 19.2 Å². The van der Waals surface area contributed by atoms with Crippen LogP contribution in [-0.4, -0.2) is 48.4 Å². The van der Waals surface area contributed by atoms with Gasteiger partial charge in [-0.2, -0.15) is 13.2 Å². The molecule has 6 atom stereocenters. The molecule has 160 valence electrons. The van der Waals surface area contributed by atoms with Gasteiger partial charge in [0.25, 0.3) is 0 Å². The van der Waals surface area contributed by atoms with E-state index in [-0.39, 0.29) is 30.2 Å². The average Bonchev–Trinajstić information content (AvgIpc) is 2.63. The molecule has 0 saturated carbocycles. The molecule has 9 heteroatoms. The van der Waals surface area contributed by atoms with E-state index in [0.29, 0.717) is 12.5 Å². The lowest BCUT2D eigenvalue weighted by molar-refractivity contribution is -0.166. The van der Waals surface area contributed by atoms with E-state index >= 15 is 0 Å². The molecule has 2 rings (SSSR count). The van der Waals surface area contributed by atoms with Gasteiger partial charge in [-0.25, -0.2) is 4.39 Å². The molecule has 0 radical (unpaired) electrons. The average molecular weight is 426 g/mol. The highest BCUT2D eigenvalue weighted by Gasteiger charge is 2.43. The lowest BCUT2D eigenvalue weighted by atomic mass is 9.85. The van der Waals surface area contributed by atoms with Crippen LogP contribution in [0.2, 0.25) is 0 Å². The summed E-state index contributed by atoms with van der Waals surface area (Å²) in [6, 6.07) is -0.289. The zero-order valence-electron chi connectivity index (χ0n) is 16.0. The summed E-state index contributed by atoms with van der Waals surface area (Å²) in [4.78, 5) is 4.27. The molecule has 2 aliphatic rings. The third-order valence-corrected chi connectivity index (χ3v) is 5.71. The molecule has 0 fully saturated rings. The van der Waals surface area contributed by atoms with E-state index in [2.05, 4.69) is 15.6 Å². The smallest absolute Gasteiger partial charge is 0.378 e. The number of halogens is 5. The van der Waals surface area contributed by atoms with Crippen LogP contribution in [0.4, 0.5) is 17.6 Å². The van der Waals surface area contributed by atoms with Crippen molar-refractivity contribution in [3.63, 3.8) is 0 Å². The molecule has 0 amide bonds. The molecule has 0 aromatic heterocycles. The maximum atomic E-state index is 14.2. The van der Waals surface area contributed by atoms with Gasteiger partial charge in [0.05, 0.1) is 11.3 Å². The molecule has 28 heavy (non-hydrogen) atoms. The van der Waals surface area contributed by atoms with Gasteiger partial charge in [0.15, 0.2) is 0 Å². The van der Waals surface area contributed by atoms with Crippen molar-refractivity contribution in [1.82, 2.24) is 10.6 Å². The Hall–Kier alpha value is -1.12. The van der Waals surface area contributed by atoms with E-state index in [9.17, 15) is 22.7 Å². The molecular formula is C19H28ClF4N3O. The number of aliphatic hydroxyl groups is 1. The highest BCUT2D eigenvalue weighted by Crippen LogP contribution is 2.39. The summed E-state index contributed by atoms with van der Waals surface area (Å²) in [5.74, 6) is -3.03. The van der Waals surface area contributed by atoms with Gasteiger partial charge in [-0.05, 0) is 31.8 Å². The second-order valence-corrected chi connectivity index (χ2v) is 7.81. The molecule has 0 spiro atoms. The van der Waals surface area contributed by atoms with Crippen molar-refractivity contribution in [2.24, 2.45) is 22.7 Å². The number of aliphatic hydroxyl groups excluding tert-OH is 1. The van der Waals surface area contributed by atoms with Crippen molar-refractivity contribution in [2.75, 3.05) is 13.6 Å². The summed E-state index contributed by atoms with van der Waals surface area (Å²) in [7, 11) is 1.68. The van der Waals surface area contributed by atoms with Crippen LogP contribution in [0.25, 0.3) is 0 Å². The number of nitrogens with zero attached hydrogens (tertiary/aromatic N) is 1. The topological polar surface area (TPSA) is 56.7 Å². The second kappa shape index (κ2) is 10.1. The van der Waals surface area contributed by atoms with E-state index in [0.717, 1.165) is 18.8 Å². The number of hydrogen-bond donors (Lipinski definition) is 3. The largest absolute Gasteiger partial charge is 0.395 e. The van der Waals surface area contributed by atoms with Gasteiger partial charge in [-0.1, -0.05) is 19.1 Å². The number of alkyl halides is 4. The standard InChI is InChI=1S/C19H28ClF4N3O/c1-3-8-26-17(25-2)14-10-12(5-7-15(14)20)27-18(28)13-6-4-11(9-16(13)21)19(22,23)24/h5,7,9,11-15,18,27-28H,3-4,6,8,10H2,1-2H3,(H,25,26). The molecule has 0 aromatic rings.